The summed E-state index contributed by atoms with van der Waals surface area (Å²) in [6.07, 6.45) is 0.139. The molecule has 3 atom stereocenters. The second-order valence-electron chi connectivity index (χ2n) is 8.71. The van der Waals surface area contributed by atoms with E-state index in [0.29, 0.717) is 11.6 Å². The summed E-state index contributed by atoms with van der Waals surface area (Å²) in [6.45, 7) is 4.15. The van der Waals surface area contributed by atoms with Crippen molar-refractivity contribution >= 4 is 11.8 Å². The summed E-state index contributed by atoms with van der Waals surface area (Å²) in [5.74, 6) is -0.319. The third-order valence-electron chi connectivity index (χ3n) is 6.03. The van der Waals surface area contributed by atoms with Crippen LogP contribution in [-0.2, 0) is 16.0 Å². The molecular formula is C25H28FN5O2. The number of H-pyrrole nitrogens is 1. The Balaban J connectivity index is 1.56. The fourth-order valence-electron chi connectivity index (χ4n) is 4.19. The zero-order valence-corrected chi connectivity index (χ0v) is 18.7. The van der Waals surface area contributed by atoms with E-state index in [1.54, 1.807) is 0 Å². The van der Waals surface area contributed by atoms with Crippen LogP contribution in [0.5, 0.6) is 0 Å². The fraction of sp³-hybridized carbons (Fsp3) is 0.360. The highest BCUT2D eigenvalue weighted by Gasteiger charge is 2.40. The molecule has 7 nitrogen and oxygen atoms in total. The molecule has 33 heavy (non-hydrogen) atoms. The van der Waals surface area contributed by atoms with Crippen LogP contribution in [0.4, 0.5) is 4.39 Å². The van der Waals surface area contributed by atoms with Crippen LogP contribution in [0.15, 0.2) is 60.8 Å². The average molecular weight is 450 g/mol. The molecule has 8 heteroatoms. The molecule has 0 spiro atoms. The molecule has 0 radical (unpaired) electrons. The van der Waals surface area contributed by atoms with E-state index in [2.05, 4.69) is 46.7 Å². The SMILES string of the molecule is CC(C)c1ccc(C(NC(=O)C2C[C@H](F)CN2C(=O)Cc2cn[nH]n2)c2ccccc2)cc1. The zero-order valence-electron chi connectivity index (χ0n) is 18.7. The van der Waals surface area contributed by atoms with E-state index in [-0.39, 0.29) is 31.2 Å². The largest absolute Gasteiger partial charge is 0.343 e. The van der Waals surface area contributed by atoms with Gasteiger partial charge in [0.25, 0.3) is 0 Å². The number of benzene rings is 2. The molecule has 1 saturated heterocycles. The quantitative estimate of drug-likeness (QED) is 0.579. The molecule has 1 fully saturated rings. The predicted octanol–water partition coefficient (Wildman–Crippen LogP) is 3.32. The van der Waals surface area contributed by atoms with Gasteiger partial charge in [-0.05, 0) is 22.6 Å². The first-order chi connectivity index (χ1) is 15.9. The number of rotatable bonds is 7. The van der Waals surface area contributed by atoms with Gasteiger partial charge in [0.15, 0.2) is 0 Å². The molecule has 1 aliphatic rings. The molecule has 2 heterocycles. The lowest BCUT2D eigenvalue weighted by molar-refractivity contribution is -0.138. The third kappa shape index (κ3) is 5.27. The number of carbonyl (C=O) groups excluding carboxylic acids is 2. The van der Waals surface area contributed by atoms with E-state index in [1.807, 2.05) is 42.5 Å². The highest BCUT2D eigenvalue weighted by molar-refractivity contribution is 5.89. The van der Waals surface area contributed by atoms with Gasteiger partial charge in [-0.15, -0.1) is 0 Å². The van der Waals surface area contributed by atoms with E-state index < -0.39 is 18.3 Å². The Morgan fingerprint density at radius 2 is 1.76 bits per heavy atom. The lowest BCUT2D eigenvalue weighted by Crippen LogP contribution is -2.47. The van der Waals surface area contributed by atoms with Crippen molar-refractivity contribution in [1.82, 2.24) is 25.6 Å². The lowest BCUT2D eigenvalue weighted by Gasteiger charge is -2.27. The summed E-state index contributed by atoms with van der Waals surface area (Å²) in [5.41, 5.74) is 3.50. The number of nitrogens with one attached hydrogen (secondary N) is 2. The zero-order chi connectivity index (χ0) is 23.4. The van der Waals surface area contributed by atoms with Crippen molar-refractivity contribution in [2.75, 3.05) is 6.54 Å². The molecule has 4 rings (SSSR count). The monoisotopic (exact) mass is 449 g/mol. The van der Waals surface area contributed by atoms with Gasteiger partial charge in [0, 0.05) is 6.42 Å². The summed E-state index contributed by atoms with van der Waals surface area (Å²) in [4.78, 5) is 27.5. The van der Waals surface area contributed by atoms with Crippen molar-refractivity contribution in [1.29, 1.82) is 0 Å². The Kier molecular flexibility index (Phi) is 6.82. The maximum atomic E-state index is 14.3. The standard InChI is InChI=1S/C25H28FN5O2/c1-16(2)17-8-10-19(11-9-17)24(18-6-4-3-5-7-18)28-25(33)22-12-20(26)15-31(22)23(32)13-21-14-27-30-29-21/h3-11,14,16,20,22,24H,12-13,15H2,1-2H3,(H,28,33)(H,27,29,30)/t20-,22?,24?/m0/s1. The highest BCUT2D eigenvalue weighted by atomic mass is 19.1. The molecular weight excluding hydrogens is 421 g/mol. The van der Waals surface area contributed by atoms with Crippen LogP contribution >= 0.6 is 0 Å². The minimum absolute atomic E-state index is 0.0236. The number of halogens is 1. The third-order valence-corrected chi connectivity index (χ3v) is 6.03. The number of alkyl halides is 1. The van der Waals surface area contributed by atoms with E-state index in [1.165, 1.54) is 16.7 Å². The van der Waals surface area contributed by atoms with Gasteiger partial charge in [0.2, 0.25) is 11.8 Å². The van der Waals surface area contributed by atoms with Crippen LogP contribution in [0.3, 0.4) is 0 Å². The molecule has 2 unspecified atom stereocenters. The van der Waals surface area contributed by atoms with E-state index in [4.69, 9.17) is 0 Å². The van der Waals surface area contributed by atoms with Gasteiger partial charge < -0.3 is 10.2 Å². The Morgan fingerprint density at radius 3 is 2.39 bits per heavy atom. The molecule has 1 aliphatic heterocycles. The molecule has 2 aromatic carbocycles. The maximum Gasteiger partial charge on any atom is 0.243 e. The van der Waals surface area contributed by atoms with Gasteiger partial charge in [-0.1, -0.05) is 68.4 Å². The van der Waals surface area contributed by atoms with Gasteiger partial charge in [-0.2, -0.15) is 15.4 Å². The van der Waals surface area contributed by atoms with Crippen molar-refractivity contribution in [3.8, 4) is 0 Å². The van der Waals surface area contributed by atoms with Gasteiger partial charge in [-0.25, -0.2) is 4.39 Å². The topological polar surface area (TPSA) is 91.0 Å². The first-order valence-electron chi connectivity index (χ1n) is 11.2. The molecule has 0 aliphatic carbocycles. The number of aromatic amines is 1. The molecule has 2 N–H and O–H groups in total. The number of aromatic nitrogens is 3. The number of hydrogen-bond acceptors (Lipinski definition) is 4. The molecule has 3 aromatic rings. The van der Waals surface area contributed by atoms with Crippen molar-refractivity contribution < 1.29 is 14.0 Å². The van der Waals surface area contributed by atoms with Gasteiger partial charge in [0.1, 0.15) is 12.2 Å². The van der Waals surface area contributed by atoms with E-state index in [0.717, 1.165) is 11.1 Å². The minimum atomic E-state index is -1.25. The highest BCUT2D eigenvalue weighted by Crippen LogP contribution is 2.27. The number of likely N-dealkylation sites (tertiary alicyclic amines) is 1. The number of carbonyl (C=O) groups is 2. The summed E-state index contributed by atoms with van der Waals surface area (Å²) < 4.78 is 14.3. The van der Waals surface area contributed by atoms with Crippen LogP contribution in [-0.4, -0.2) is 50.9 Å². The molecule has 1 aromatic heterocycles. The number of hydrogen-bond donors (Lipinski definition) is 2. The number of nitrogens with zero attached hydrogens (tertiary/aromatic N) is 3. The lowest BCUT2D eigenvalue weighted by atomic mass is 9.95. The van der Waals surface area contributed by atoms with Gasteiger partial charge in [-0.3, -0.25) is 9.59 Å². The molecule has 0 bridgehead atoms. The fourth-order valence-corrected chi connectivity index (χ4v) is 4.19. The van der Waals surface area contributed by atoms with Crippen LogP contribution in [0, 0.1) is 0 Å². The van der Waals surface area contributed by atoms with E-state index in [9.17, 15) is 14.0 Å². The average Bonchev–Trinajstić information content (AvgIpc) is 3.47. The van der Waals surface area contributed by atoms with Gasteiger partial charge >= 0.3 is 0 Å². The first-order valence-corrected chi connectivity index (χ1v) is 11.2. The van der Waals surface area contributed by atoms with Crippen LogP contribution in [0.1, 0.15) is 54.6 Å². The van der Waals surface area contributed by atoms with Crippen LogP contribution in [0.2, 0.25) is 0 Å². The van der Waals surface area contributed by atoms with Crippen molar-refractivity contribution in [2.45, 2.75) is 50.9 Å². The normalized spacial score (nSPS) is 19.0. The summed E-state index contributed by atoms with van der Waals surface area (Å²) in [7, 11) is 0. The maximum absolute atomic E-state index is 14.3. The second-order valence-corrected chi connectivity index (χ2v) is 8.71. The minimum Gasteiger partial charge on any atom is -0.343 e. The first kappa shape index (κ1) is 22.6. The Bertz CT molecular complexity index is 1070. The molecule has 2 amide bonds. The second kappa shape index (κ2) is 9.94. The summed E-state index contributed by atoms with van der Waals surface area (Å²) in [6, 6.07) is 16.5. The Labute approximate surface area is 192 Å². The van der Waals surface area contributed by atoms with Crippen LogP contribution < -0.4 is 5.32 Å². The number of amides is 2. The Morgan fingerprint density at radius 1 is 1.09 bits per heavy atom. The summed E-state index contributed by atoms with van der Waals surface area (Å²) >= 11 is 0. The van der Waals surface area contributed by atoms with E-state index >= 15 is 0 Å². The molecule has 172 valence electrons. The smallest absolute Gasteiger partial charge is 0.243 e. The van der Waals surface area contributed by atoms with Crippen molar-refractivity contribution in [3.05, 3.63) is 83.2 Å². The van der Waals surface area contributed by atoms with Crippen molar-refractivity contribution in [2.24, 2.45) is 0 Å². The van der Waals surface area contributed by atoms with Gasteiger partial charge in [0.05, 0.1) is 30.9 Å². The predicted molar refractivity (Wildman–Crippen MR) is 122 cm³/mol. The van der Waals surface area contributed by atoms with Crippen molar-refractivity contribution in [3.63, 3.8) is 0 Å². The molecule has 0 saturated carbocycles. The summed E-state index contributed by atoms with van der Waals surface area (Å²) in [5, 5.41) is 13.1. The van der Waals surface area contributed by atoms with Crippen LogP contribution in [0.25, 0.3) is 0 Å². The Hall–Kier alpha value is -3.55.